The summed E-state index contributed by atoms with van der Waals surface area (Å²) < 4.78 is 31.7. The number of carboxylic acids is 1. The summed E-state index contributed by atoms with van der Waals surface area (Å²) in [6.07, 6.45) is -3.06. The van der Waals surface area contributed by atoms with Gasteiger partial charge in [0.05, 0.1) is 17.6 Å². The molecule has 3 heterocycles. The molecule has 0 amide bonds. The Kier molecular flexibility index (Phi) is 5.65. The van der Waals surface area contributed by atoms with Crippen LogP contribution in [0.1, 0.15) is 0 Å². The van der Waals surface area contributed by atoms with Crippen LogP contribution in [0.15, 0.2) is 48.7 Å². The van der Waals surface area contributed by atoms with E-state index in [-0.39, 0.29) is 0 Å². The smallest absolute Gasteiger partial charge is 0.475 e. The SMILES string of the molecule is O=C(O)C(F)(F)F.c1ccc(-c2ccc(N3C[C@H]4CNC[C@H]4C3)cn2)cc1. The fraction of sp³-hybridized carbons (Fsp3) is 0.368. The number of rotatable bonds is 2. The van der Waals surface area contributed by atoms with Crippen molar-refractivity contribution in [1.82, 2.24) is 10.3 Å². The molecule has 0 saturated carbocycles. The molecule has 2 N–H and O–H groups in total. The Morgan fingerprint density at radius 1 is 1.07 bits per heavy atom. The third kappa shape index (κ3) is 4.77. The molecule has 0 radical (unpaired) electrons. The quantitative estimate of drug-likeness (QED) is 0.840. The van der Waals surface area contributed by atoms with Crippen molar-refractivity contribution in [2.75, 3.05) is 31.1 Å². The molecular formula is C19H20F3N3O2. The molecule has 0 unspecified atom stereocenters. The van der Waals surface area contributed by atoms with E-state index in [0.29, 0.717) is 0 Å². The van der Waals surface area contributed by atoms with Crippen LogP contribution in [0.3, 0.4) is 0 Å². The zero-order chi connectivity index (χ0) is 19.4. The van der Waals surface area contributed by atoms with Crippen molar-refractivity contribution in [3.05, 3.63) is 48.7 Å². The fourth-order valence-electron chi connectivity index (χ4n) is 3.42. The predicted molar refractivity (Wildman–Crippen MR) is 95.4 cm³/mol. The van der Waals surface area contributed by atoms with Crippen LogP contribution in [0, 0.1) is 11.8 Å². The predicted octanol–water partition coefficient (Wildman–Crippen LogP) is 3.04. The summed E-state index contributed by atoms with van der Waals surface area (Å²) in [7, 11) is 0. The molecule has 2 aromatic rings. The maximum absolute atomic E-state index is 10.6. The Hall–Kier alpha value is -2.61. The number of hydrogen-bond donors (Lipinski definition) is 2. The molecule has 2 atom stereocenters. The van der Waals surface area contributed by atoms with E-state index in [0.717, 1.165) is 17.5 Å². The second-order valence-electron chi connectivity index (χ2n) is 6.65. The summed E-state index contributed by atoms with van der Waals surface area (Å²) in [5.74, 6) is -1.11. The minimum absolute atomic E-state index is 0.823. The number of pyridine rings is 1. The molecule has 1 aromatic heterocycles. The molecule has 0 spiro atoms. The Bertz CT molecular complexity index is 754. The normalized spacial score (nSPS) is 21.4. The van der Waals surface area contributed by atoms with Crippen LogP contribution < -0.4 is 10.2 Å². The summed E-state index contributed by atoms with van der Waals surface area (Å²) in [5.41, 5.74) is 3.50. The lowest BCUT2D eigenvalue weighted by Gasteiger charge is -2.19. The molecule has 0 bridgehead atoms. The number of nitrogens with zero attached hydrogens (tertiary/aromatic N) is 2. The zero-order valence-electron chi connectivity index (χ0n) is 14.5. The summed E-state index contributed by atoms with van der Waals surface area (Å²) in [6.45, 7) is 4.70. The molecule has 2 saturated heterocycles. The minimum atomic E-state index is -5.08. The number of carboxylic acid groups (broad SMARTS) is 1. The van der Waals surface area contributed by atoms with E-state index in [1.54, 1.807) is 0 Å². The van der Waals surface area contributed by atoms with Gasteiger partial charge in [0.15, 0.2) is 0 Å². The molecule has 2 aliphatic heterocycles. The highest BCUT2D eigenvalue weighted by Crippen LogP contribution is 2.30. The van der Waals surface area contributed by atoms with E-state index < -0.39 is 12.1 Å². The van der Waals surface area contributed by atoms with Crippen LogP contribution in [0.2, 0.25) is 0 Å². The molecule has 4 rings (SSSR count). The number of halogens is 3. The number of hydrogen-bond acceptors (Lipinski definition) is 4. The van der Waals surface area contributed by atoms with Gasteiger partial charge in [-0.1, -0.05) is 30.3 Å². The van der Waals surface area contributed by atoms with Crippen LogP contribution in [0.25, 0.3) is 11.3 Å². The summed E-state index contributed by atoms with van der Waals surface area (Å²) >= 11 is 0. The Morgan fingerprint density at radius 3 is 2.15 bits per heavy atom. The van der Waals surface area contributed by atoms with E-state index in [9.17, 15) is 13.2 Å². The standard InChI is InChI=1S/C17H19N3.C2HF3O2/c1-2-4-13(5-3-1)17-7-6-16(10-19-17)20-11-14-8-18-9-15(14)12-20;3-2(4,5)1(6)7/h1-7,10,14-15,18H,8-9,11-12H2;(H,6,7)/t14-,15+;. The fourth-order valence-corrected chi connectivity index (χ4v) is 3.42. The van der Waals surface area contributed by atoms with Crippen LogP contribution >= 0.6 is 0 Å². The van der Waals surface area contributed by atoms with Gasteiger partial charge in [-0.25, -0.2) is 4.79 Å². The summed E-state index contributed by atoms with van der Waals surface area (Å²) in [5, 5.41) is 10.6. The van der Waals surface area contributed by atoms with E-state index in [2.05, 4.69) is 51.6 Å². The van der Waals surface area contributed by atoms with Crippen molar-refractivity contribution in [3.8, 4) is 11.3 Å². The van der Waals surface area contributed by atoms with Crippen molar-refractivity contribution in [2.45, 2.75) is 6.18 Å². The first-order valence-corrected chi connectivity index (χ1v) is 8.62. The number of nitrogens with one attached hydrogen (secondary N) is 1. The van der Waals surface area contributed by atoms with Gasteiger partial charge in [0.25, 0.3) is 0 Å². The highest BCUT2D eigenvalue weighted by molar-refractivity contribution is 5.73. The lowest BCUT2D eigenvalue weighted by Crippen LogP contribution is -2.25. The molecule has 2 fully saturated rings. The maximum atomic E-state index is 10.6. The first kappa shape index (κ1) is 19.2. The molecule has 1 aromatic carbocycles. The third-order valence-corrected chi connectivity index (χ3v) is 4.81. The van der Waals surface area contributed by atoms with Gasteiger partial charge in [0, 0.05) is 31.7 Å². The molecule has 144 valence electrons. The number of fused-ring (bicyclic) bond motifs is 1. The Labute approximate surface area is 154 Å². The zero-order valence-corrected chi connectivity index (χ0v) is 14.5. The van der Waals surface area contributed by atoms with Crippen molar-refractivity contribution in [1.29, 1.82) is 0 Å². The van der Waals surface area contributed by atoms with Gasteiger partial charge >= 0.3 is 12.1 Å². The van der Waals surface area contributed by atoms with Crippen LogP contribution in [0.5, 0.6) is 0 Å². The molecule has 2 aliphatic rings. The average molecular weight is 379 g/mol. The molecule has 27 heavy (non-hydrogen) atoms. The summed E-state index contributed by atoms with van der Waals surface area (Å²) in [6, 6.07) is 14.7. The van der Waals surface area contributed by atoms with Crippen LogP contribution in [-0.2, 0) is 4.79 Å². The topological polar surface area (TPSA) is 65.5 Å². The Balaban J connectivity index is 0.000000260. The largest absolute Gasteiger partial charge is 0.490 e. The van der Waals surface area contributed by atoms with Gasteiger partial charge in [-0.3, -0.25) is 4.98 Å². The van der Waals surface area contributed by atoms with Gasteiger partial charge in [-0.05, 0) is 24.0 Å². The molecule has 0 aliphatic carbocycles. The highest BCUT2D eigenvalue weighted by Gasteiger charge is 2.38. The van der Waals surface area contributed by atoms with Gasteiger partial charge in [-0.15, -0.1) is 0 Å². The van der Waals surface area contributed by atoms with E-state index in [1.807, 2.05) is 12.3 Å². The van der Waals surface area contributed by atoms with Gasteiger partial charge in [0.2, 0.25) is 0 Å². The number of anilines is 1. The minimum Gasteiger partial charge on any atom is -0.475 e. The molecule has 5 nitrogen and oxygen atoms in total. The summed E-state index contributed by atoms with van der Waals surface area (Å²) in [4.78, 5) is 16.0. The third-order valence-electron chi connectivity index (χ3n) is 4.81. The van der Waals surface area contributed by atoms with E-state index in [1.165, 1.54) is 37.4 Å². The highest BCUT2D eigenvalue weighted by atomic mass is 19.4. The van der Waals surface area contributed by atoms with Gasteiger partial charge in [-0.2, -0.15) is 13.2 Å². The first-order chi connectivity index (χ1) is 12.8. The number of alkyl halides is 3. The van der Waals surface area contributed by atoms with Crippen molar-refractivity contribution in [3.63, 3.8) is 0 Å². The first-order valence-electron chi connectivity index (χ1n) is 8.62. The Morgan fingerprint density at radius 2 is 1.67 bits per heavy atom. The van der Waals surface area contributed by atoms with Gasteiger partial charge in [0.1, 0.15) is 0 Å². The lowest BCUT2D eigenvalue weighted by atomic mass is 10.0. The second kappa shape index (κ2) is 7.96. The number of carbonyl (C=O) groups is 1. The van der Waals surface area contributed by atoms with Crippen LogP contribution in [0.4, 0.5) is 18.9 Å². The maximum Gasteiger partial charge on any atom is 0.490 e. The van der Waals surface area contributed by atoms with Crippen molar-refractivity contribution in [2.24, 2.45) is 11.8 Å². The van der Waals surface area contributed by atoms with E-state index in [4.69, 9.17) is 9.90 Å². The van der Waals surface area contributed by atoms with Gasteiger partial charge < -0.3 is 15.3 Å². The lowest BCUT2D eigenvalue weighted by molar-refractivity contribution is -0.192. The number of aromatic nitrogens is 1. The molecule has 8 heteroatoms. The average Bonchev–Trinajstić information content (AvgIpc) is 3.24. The van der Waals surface area contributed by atoms with E-state index >= 15 is 0 Å². The van der Waals surface area contributed by atoms with Crippen LogP contribution in [-0.4, -0.2) is 48.4 Å². The van der Waals surface area contributed by atoms with Crippen molar-refractivity contribution < 1.29 is 23.1 Å². The number of benzene rings is 1. The number of aliphatic carboxylic acids is 1. The second-order valence-corrected chi connectivity index (χ2v) is 6.65. The van der Waals surface area contributed by atoms with Crippen molar-refractivity contribution >= 4 is 11.7 Å². The monoisotopic (exact) mass is 379 g/mol. The molecular weight excluding hydrogens is 359 g/mol.